The molecule has 6 nitrogen and oxygen atoms in total. The predicted molar refractivity (Wildman–Crippen MR) is 110 cm³/mol. The number of carbonyl (C=O) groups excluding carboxylic acids is 2. The van der Waals surface area contributed by atoms with Crippen LogP contribution in [0.2, 0.25) is 0 Å². The summed E-state index contributed by atoms with van der Waals surface area (Å²) in [6.07, 6.45) is -5.13. The van der Waals surface area contributed by atoms with Crippen LogP contribution < -0.4 is 15.1 Å². The third kappa shape index (κ3) is 4.88. The molecule has 1 N–H and O–H groups in total. The number of nitrogens with zero attached hydrogens (tertiary/aromatic N) is 2. The first-order valence-electron chi connectivity index (χ1n) is 10.1. The molecule has 2 unspecified atom stereocenters. The number of fused-ring (bicyclic) bond motifs is 1. The molecule has 0 fully saturated rings. The normalized spacial score (nSPS) is 18.8. The second kappa shape index (κ2) is 9.24. The SMILES string of the molecule is CCC(c1ccc2c(c1)N(C(=O)OC(C)C)C[C@H](C)N2C(C)=O)C(NC)C(F)(F)F. The summed E-state index contributed by atoms with van der Waals surface area (Å²) in [7, 11) is 1.28. The van der Waals surface area contributed by atoms with Crippen molar-refractivity contribution in [1.29, 1.82) is 0 Å². The first-order valence-corrected chi connectivity index (χ1v) is 10.1. The van der Waals surface area contributed by atoms with Gasteiger partial charge in [-0.2, -0.15) is 13.2 Å². The van der Waals surface area contributed by atoms with Gasteiger partial charge in [0, 0.05) is 19.4 Å². The van der Waals surface area contributed by atoms with Gasteiger partial charge in [-0.3, -0.25) is 9.69 Å². The van der Waals surface area contributed by atoms with Crippen LogP contribution in [0.1, 0.15) is 52.5 Å². The van der Waals surface area contributed by atoms with Gasteiger partial charge in [-0.15, -0.1) is 0 Å². The zero-order valence-corrected chi connectivity index (χ0v) is 18.2. The fraction of sp³-hybridized carbons (Fsp3) is 0.619. The van der Waals surface area contributed by atoms with Crippen molar-refractivity contribution in [3.63, 3.8) is 0 Å². The lowest BCUT2D eigenvalue weighted by Gasteiger charge is -2.41. The zero-order valence-electron chi connectivity index (χ0n) is 18.2. The lowest BCUT2D eigenvalue weighted by Crippen LogP contribution is -2.52. The van der Waals surface area contributed by atoms with E-state index >= 15 is 0 Å². The van der Waals surface area contributed by atoms with E-state index in [4.69, 9.17) is 4.74 Å². The van der Waals surface area contributed by atoms with E-state index in [1.54, 1.807) is 43.9 Å². The van der Waals surface area contributed by atoms with Gasteiger partial charge in [0.1, 0.15) is 6.04 Å². The molecule has 1 aromatic rings. The summed E-state index contributed by atoms with van der Waals surface area (Å²) in [5.41, 5.74) is 1.30. The van der Waals surface area contributed by atoms with Gasteiger partial charge in [-0.1, -0.05) is 13.0 Å². The molecule has 0 radical (unpaired) electrons. The first-order chi connectivity index (χ1) is 13.9. The fourth-order valence-electron chi connectivity index (χ4n) is 4.05. The smallest absolute Gasteiger partial charge is 0.414 e. The maximum atomic E-state index is 13.5. The third-order valence-corrected chi connectivity index (χ3v) is 5.27. The summed E-state index contributed by atoms with van der Waals surface area (Å²) in [5.74, 6) is -1.06. The molecule has 0 saturated heterocycles. The highest BCUT2D eigenvalue weighted by Gasteiger charge is 2.44. The number of carbonyl (C=O) groups is 2. The minimum Gasteiger partial charge on any atom is -0.446 e. The fourth-order valence-corrected chi connectivity index (χ4v) is 4.05. The number of hydrogen-bond donors (Lipinski definition) is 1. The molecule has 9 heteroatoms. The number of hydrogen-bond acceptors (Lipinski definition) is 4. The molecule has 3 atom stereocenters. The van der Waals surface area contributed by atoms with Gasteiger partial charge in [0.2, 0.25) is 5.91 Å². The molecule has 30 heavy (non-hydrogen) atoms. The summed E-state index contributed by atoms with van der Waals surface area (Å²) in [4.78, 5) is 27.9. The van der Waals surface area contributed by atoms with Gasteiger partial charge in [-0.05, 0) is 51.9 Å². The Bertz CT molecular complexity index is 782. The molecule has 168 valence electrons. The van der Waals surface area contributed by atoms with Crippen LogP contribution in [0.25, 0.3) is 0 Å². The minimum absolute atomic E-state index is 0.188. The summed E-state index contributed by atoms with van der Waals surface area (Å²) >= 11 is 0. The number of rotatable bonds is 5. The van der Waals surface area contributed by atoms with Crippen molar-refractivity contribution >= 4 is 23.4 Å². The number of amides is 2. The van der Waals surface area contributed by atoms with E-state index < -0.39 is 24.2 Å². The minimum atomic E-state index is -4.43. The van der Waals surface area contributed by atoms with Gasteiger partial charge in [-0.25, -0.2) is 4.79 Å². The Kier molecular flexibility index (Phi) is 7.39. The van der Waals surface area contributed by atoms with E-state index in [-0.39, 0.29) is 31.0 Å². The van der Waals surface area contributed by atoms with Crippen LogP contribution in [0.5, 0.6) is 0 Å². The Labute approximate surface area is 175 Å². The summed E-state index contributed by atoms with van der Waals surface area (Å²) in [5, 5.41) is 2.37. The van der Waals surface area contributed by atoms with Crippen LogP contribution in [-0.2, 0) is 9.53 Å². The number of ether oxygens (including phenoxy) is 1. The van der Waals surface area contributed by atoms with Gasteiger partial charge in [0.05, 0.1) is 23.5 Å². The van der Waals surface area contributed by atoms with E-state index in [0.29, 0.717) is 16.9 Å². The predicted octanol–water partition coefficient (Wildman–Crippen LogP) is 4.44. The van der Waals surface area contributed by atoms with Crippen LogP contribution in [0.3, 0.4) is 0 Å². The van der Waals surface area contributed by atoms with Crippen molar-refractivity contribution in [1.82, 2.24) is 5.32 Å². The van der Waals surface area contributed by atoms with Crippen LogP contribution in [-0.4, -0.2) is 50.0 Å². The van der Waals surface area contributed by atoms with E-state index in [0.717, 1.165) is 0 Å². The highest BCUT2D eigenvalue weighted by atomic mass is 19.4. The number of nitrogens with one attached hydrogen (secondary N) is 1. The molecule has 2 rings (SSSR count). The van der Waals surface area contributed by atoms with Crippen molar-refractivity contribution in [2.75, 3.05) is 23.4 Å². The van der Waals surface area contributed by atoms with E-state index in [2.05, 4.69) is 5.32 Å². The average molecular weight is 429 g/mol. The Morgan fingerprint density at radius 1 is 1.27 bits per heavy atom. The van der Waals surface area contributed by atoms with Crippen molar-refractivity contribution in [2.45, 2.75) is 71.3 Å². The van der Waals surface area contributed by atoms with Crippen molar-refractivity contribution in [3.8, 4) is 0 Å². The molecule has 0 bridgehead atoms. The summed E-state index contributed by atoms with van der Waals surface area (Å²) in [6, 6.07) is 2.75. The van der Waals surface area contributed by atoms with E-state index in [1.807, 2.05) is 6.92 Å². The molecule has 1 aromatic carbocycles. The van der Waals surface area contributed by atoms with Gasteiger partial charge in [0.25, 0.3) is 0 Å². The average Bonchev–Trinajstić information content (AvgIpc) is 2.62. The second-order valence-corrected chi connectivity index (χ2v) is 7.85. The Balaban J connectivity index is 2.59. The number of alkyl halides is 3. The number of anilines is 2. The summed E-state index contributed by atoms with van der Waals surface area (Å²) < 4.78 is 46.0. The van der Waals surface area contributed by atoms with Gasteiger partial charge >= 0.3 is 12.3 Å². The number of halogens is 3. The quantitative estimate of drug-likeness (QED) is 0.752. The Hall–Kier alpha value is -2.29. The van der Waals surface area contributed by atoms with Crippen LogP contribution in [0, 0.1) is 0 Å². The molecular weight excluding hydrogens is 399 g/mol. The molecule has 0 aromatic heterocycles. The second-order valence-electron chi connectivity index (χ2n) is 7.85. The van der Waals surface area contributed by atoms with E-state index in [1.165, 1.54) is 18.9 Å². The molecule has 1 aliphatic heterocycles. The summed E-state index contributed by atoms with van der Waals surface area (Å²) in [6.45, 7) is 8.55. The van der Waals surface area contributed by atoms with Gasteiger partial charge < -0.3 is 15.0 Å². The molecule has 1 aliphatic rings. The number of likely N-dealkylation sites (N-methyl/N-ethyl adjacent to an activating group) is 1. The van der Waals surface area contributed by atoms with Crippen LogP contribution in [0.4, 0.5) is 29.3 Å². The van der Waals surface area contributed by atoms with Crippen LogP contribution in [0.15, 0.2) is 18.2 Å². The molecule has 2 amide bonds. The number of benzene rings is 1. The molecule has 1 heterocycles. The maximum absolute atomic E-state index is 13.5. The monoisotopic (exact) mass is 429 g/mol. The highest BCUT2D eigenvalue weighted by Crippen LogP contribution is 2.41. The molecular formula is C21H30F3N3O3. The maximum Gasteiger partial charge on any atom is 0.414 e. The highest BCUT2D eigenvalue weighted by molar-refractivity contribution is 6.02. The molecule has 0 saturated carbocycles. The largest absolute Gasteiger partial charge is 0.446 e. The Morgan fingerprint density at radius 3 is 2.37 bits per heavy atom. The van der Waals surface area contributed by atoms with Gasteiger partial charge in [0.15, 0.2) is 0 Å². The Morgan fingerprint density at radius 2 is 1.90 bits per heavy atom. The van der Waals surface area contributed by atoms with E-state index in [9.17, 15) is 22.8 Å². The lowest BCUT2D eigenvalue weighted by molar-refractivity contribution is -0.160. The topological polar surface area (TPSA) is 61.9 Å². The zero-order chi connectivity index (χ0) is 22.8. The molecule has 0 spiro atoms. The first kappa shape index (κ1) is 24.0. The molecule has 0 aliphatic carbocycles. The van der Waals surface area contributed by atoms with Crippen LogP contribution >= 0.6 is 0 Å². The van der Waals surface area contributed by atoms with Crippen molar-refractivity contribution in [2.24, 2.45) is 0 Å². The standard InChI is InChI=1S/C21H30F3N3O3/c1-7-16(19(25-6)21(22,23)24)15-8-9-17-18(10-15)26(20(29)30-12(2)3)11-13(4)27(17)14(5)28/h8-10,12-13,16,19,25H,7,11H2,1-6H3/t13-,16?,19?/m0/s1. The van der Waals surface area contributed by atoms with Crippen molar-refractivity contribution in [3.05, 3.63) is 23.8 Å². The third-order valence-electron chi connectivity index (χ3n) is 5.27. The lowest BCUT2D eigenvalue weighted by atomic mass is 9.87. The van der Waals surface area contributed by atoms with Crippen molar-refractivity contribution < 1.29 is 27.5 Å².